The number of allylic oxidation sites excluding steroid dienone is 1. The lowest BCUT2D eigenvalue weighted by molar-refractivity contribution is 0.210. The maximum atomic E-state index is 10.4. The summed E-state index contributed by atoms with van der Waals surface area (Å²) in [7, 11) is 0. The van der Waals surface area contributed by atoms with Gasteiger partial charge in [0, 0.05) is 0 Å². The number of aliphatic hydroxyl groups is 1. The fraction of sp³-hybridized carbons (Fsp3) is 0.529. The molecule has 0 aromatic heterocycles. The van der Waals surface area contributed by atoms with E-state index >= 15 is 0 Å². The van der Waals surface area contributed by atoms with Crippen LogP contribution in [-0.2, 0) is 0 Å². The van der Waals surface area contributed by atoms with E-state index in [1.54, 1.807) is 0 Å². The van der Waals surface area contributed by atoms with Crippen molar-refractivity contribution in [2.75, 3.05) is 0 Å². The Bertz CT molecular complexity index is 425. The topological polar surface area (TPSA) is 20.2 Å². The van der Waals surface area contributed by atoms with E-state index in [0.717, 1.165) is 24.3 Å². The molecule has 3 rings (SSSR count). The predicted octanol–water partition coefficient (Wildman–Crippen LogP) is 4.49. The maximum absolute atomic E-state index is 10.4. The van der Waals surface area contributed by atoms with Crippen LogP contribution in [-0.4, -0.2) is 5.11 Å². The molecule has 0 aliphatic heterocycles. The van der Waals surface area contributed by atoms with Crippen LogP contribution in [0.15, 0.2) is 35.9 Å². The van der Waals surface area contributed by atoms with Gasteiger partial charge in [-0.2, -0.15) is 0 Å². The normalized spacial score (nSPS) is 22.2. The van der Waals surface area contributed by atoms with Crippen LogP contribution in [0.1, 0.15) is 68.1 Å². The average Bonchev–Trinajstić information content (AvgIpc) is 3.25. The molecule has 0 bridgehead atoms. The Hall–Kier alpha value is -1.08. The Morgan fingerprint density at radius 2 is 1.78 bits per heavy atom. The minimum atomic E-state index is -0.378. The van der Waals surface area contributed by atoms with Gasteiger partial charge in [0.15, 0.2) is 0 Å². The molecule has 1 unspecified atom stereocenters. The van der Waals surface area contributed by atoms with E-state index in [2.05, 4.69) is 30.3 Å². The van der Waals surface area contributed by atoms with Gasteiger partial charge in [0.1, 0.15) is 6.10 Å². The van der Waals surface area contributed by atoms with E-state index in [-0.39, 0.29) is 6.10 Å². The number of hydrogen-bond donors (Lipinski definition) is 1. The lowest BCUT2D eigenvalue weighted by atomic mass is 9.96. The monoisotopic (exact) mass is 242 g/mol. The molecule has 96 valence electrons. The Kier molecular flexibility index (Phi) is 3.51. The molecular weight excluding hydrogens is 220 g/mol. The quantitative estimate of drug-likeness (QED) is 0.774. The Morgan fingerprint density at radius 3 is 2.50 bits per heavy atom. The van der Waals surface area contributed by atoms with Crippen LogP contribution in [0.2, 0.25) is 0 Å². The van der Waals surface area contributed by atoms with Crippen molar-refractivity contribution in [3.63, 3.8) is 0 Å². The molecule has 0 heterocycles. The summed E-state index contributed by atoms with van der Waals surface area (Å²) in [6.45, 7) is 0. The summed E-state index contributed by atoms with van der Waals surface area (Å²) >= 11 is 0. The predicted molar refractivity (Wildman–Crippen MR) is 74.5 cm³/mol. The summed E-state index contributed by atoms with van der Waals surface area (Å²) in [4.78, 5) is 0. The Morgan fingerprint density at radius 1 is 1.00 bits per heavy atom. The second-order valence-electron chi connectivity index (χ2n) is 5.72. The zero-order valence-electron chi connectivity index (χ0n) is 10.9. The van der Waals surface area contributed by atoms with Crippen LogP contribution in [0.4, 0.5) is 0 Å². The van der Waals surface area contributed by atoms with Crippen LogP contribution >= 0.6 is 0 Å². The third-order valence-electron chi connectivity index (χ3n) is 4.23. The van der Waals surface area contributed by atoms with Gasteiger partial charge in [-0.25, -0.2) is 0 Å². The third kappa shape index (κ3) is 2.67. The number of benzene rings is 1. The van der Waals surface area contributed by atoms with Crippen molar-refractivity contribution in [2.45, 2.75) is 57.0 Å². The van der Waals surface area contributed by atoms with Crippen molar-refractivity contribution >= 4 is 0 Å². The van der Waals surface area contributed by atoms with Crippen LogP contribution < -0.4 is 0 Å². The summed E-state index contributed by atoms with van der Waals surface area (Å²) in [5, 5.41) is 10.4. The van der Waals surface area contributed by atoms with Crippen molar-refractivity contribution in [1.29, 1.82) is 0 Å². The summed E-state index contributed by atoms with van der Waals surface area (Å²) in [5.74, 6) is 0.799. The van der Waals surface area contributed by atoms with E-state index in [0.29, 0.717) is 0 Å². The van der Waals surface area contributed by atoms with Crippen LogP contribution in [0.3, 0.4) is 0 Å². The molecule has 0 amide bonds. The number of rotatable bonds is 3. The zero-order valence-corrected chi connectivity index (χ0v) is 10.9. The minimum absolute atomic E-state index is 0.378. The lowest BCUT2D eigenvalue weighted by Crippen LogP contribution is -2.01. The van der Waals surface area contributed by atoms with Gasteiger partial charge in [0.2, 0.25) is 0 Å². The van der Waals surface area contributed by atoms with Gasteiger partial charge in [-0.05, 0) is 61.1 Å². The summed E-state index contributed by atoms with van der Waals surface area (Å²) in [5.41, 5.74) is 3.74. The molecule has 1 fully saturated rings. The molecule has 0 spiro atoms. The molecule has 18 heavy (non-hydrogen) atoms. The van der Waals surface area contributed by atoms with E-state index in [1.807, 2.05) is 0 Å². The van der Waals surface area contributed by atoms with E-state index in [1.165, 1.54) is 43.2 Å². The molecule has 1 N–H and O–H groups in total. The molecule has 2 aliphatic carbocycles. The molecule has 1 heteroatoms. The van der Waals surface area contributed by atoms with Crippen LogP contribution in [0, 0.1) is 0 Å². The van der Waals surface area contributed by atoms with E-state index < -0.39 is 0 Å². The Balaban J connectivity index is 1.73. The van der Waals surface area contributed by atoms with Crippen LogP contribution in [0.5, 0.6) is 0 Å². The minimum Gasteiger partial charge on any atom is -0.384 e. The number of aliphatic hydroxyl groups excluding tert-OH is 1. The standard InChI is InChI=1S/C17H22O/c18-17(15-5-3-1-2-4-6-15)16-11-9-14(10-12-16)13-7-8-13/h5,9-13,17-18H,1-4,6-8H2. The van der Waals surface area contributed by atoms with E-state index in [9.17, 15) is 5.11 Å². The summed E-state index contributed by atoms with van der Waals surface area (Å²) < 4.78 is 0. The molecule has 0 saturated heterocycles. The first-order chi connectivity index (χ1) is 8.84. The number of hydrogen-bond acceptors (Lipinski definition) is 1. The van der Waals surface area contributed by atoms with Gasteiger partial charge in [-0.3, -0.25) is 0 Å². The van der Waals surface area contributed by atoms with Gasteiger partial charge in [0.05, 0.1) is 0 Å². The second kappa shape index (κ2) is 5.27. The molecule has 1 atom stereocenters. The van der Waals surface area contributed by atoms with Crippen molar-refractivity contribution in [2.24, 2.45) is 0 Å². The van der Waals surface area contributed by atoms with Gasteiger partial charge in [-0.1, -0.05) is 36.8 Å². The van der Waals surface area contributed by atoms with Crippen LogP contribution in [0.25, 0.3) is 0 Å². The first-order valence-corrected chi connectivity index (χ1v) is 7.31. The fourth-order valence-electron chi connectivity index (χ4n) is 2.87. The zero-order chi connectivity index (χ0) is 12.4. The highest BCUT2D eigenvalue weighted by molar-refractivity contribution is 5.32. The first-order valence-electron chi connectivity index (χ1n) is 7.31. The molecular formula is C17H22O. The largest absolute Gasteiger partial charge is 0.384 e. The average molecular weight is 242 g/mol. The molecule has 1 aromatic rings. The van der Waals surface area contributed by atoms with Gasteiger partial charge >= 0.3 is 0 Å². The molecule has 2 aliphatic rings. The summed E-state index contributed by atoms with van der Waals surface area (Å²) in [6.07, 6.45) is 10.6. The van der Waals surface area contributed by atoms with Gasteiger partial charge < -0.3 is 5.11 Å². The molecule has 1 nitrogen and oxygen atoms in total. The third-order valence-corrected chi connectivity index (χ3v) is 4.23. The maximum Gasteiger partial charge on any atom is 0.100 e. The SMILES string of the molecule is OC(C1=CCCCCC1)c1ccc(C2CC2)cc1. The van der Waals surface area contributed by atoms with Gasteiger partial charge in [-0.15, -0.1) is 0 Å². The highest BCUT2D eigenvalue weighted by Crippen LogP contribution is 2.40. The lowest BCUT2D eigenvalue weighted by Gasteiger charge is -2.15. The van der Waals surface area contributed by atoms with Crippen molar-refractivity contribution in [3.05, 3.63) is 47.0 Å². The van der Waals surface area contributed by atoms with Crippen molar-refractivity contribution in [3.8, 4) is 0 Å². The molecule has 1 aromatic carbocycles. The smallest absolute Gasteiger partial charge is 0.100 e. The molecule has 1 saturated carbocycles. The highest BCUT2D eigenvalue weighted by atomic mass is 16.3. The Labute approximate surface area is 110 Å². The van der Waals surface area contributed by atoms with Gasteiger partial charge in [0.25, 0.3) is 0 Å². The van der Waals surface area contributed by atoms with E-state index in [4.69, 9.17) is 0 Å². The fourth-order valence-corrected chi connectivity index (χ4v) is 2.87. The molecule has 0 radical (unpaired) electrons. The van der Waals surface area contributed by atoms with Crippen molar-refractivity contribution < 1.29 is 5.11 Å². The second-order valence-corrected chi connectivity index (χ2v) is 5.72. The first kappa shape index (κ1) is 12.0. The highest BCUT2D eigenvalue weighted by Gasteiger charge is 2.23. The van der Waals surface area contributed by atoms with Crippen molar-refractivity contribution in [1.82, 2.24) is 0 Å². The summed E-state index contributed by atoms with van der Waals surface area (Å²) in [6, 6.07) is 8.63.